The number of phenols is 1. The van der Waals surface area contributed by atoms with Gasteiger partial charge in [-0.1, -0.05) is 32.9 Å². The summed E-state index contributed by atoms with van der Waals surface area (Å²) in [5, 5.41) is 45.9. The Hall–Kier alpha value is -4.00. The summed E-state index contributed by atoms with van der Waals surface area (Å²) in [6.45, 7) is 5.45. The van der Waals surface area contributed by atoms with Crippen LogP contribution in [-0.2, 0) is 26.2 Å². The minimum absolute atomic E-state index is 0.0363. The molecule has 5 N–H and O–H groups in total. The number of carbonyl (C=O) groups is 4. The number of likely N-dealkylation sites (N-methyl/N-ethyl adjacent to an activating group) is 1. The zero-order valence-corrected chi connectivity index (χ0v) is 24.5. The first-order chi connectivity index (χ1) is 19.9. The third-order valence-corrected chi connectivity index (χ3v) is 9.47. The van der Waals surface area contributed by atoms with Crippen molar-refractivity contribution in [2.75, 3.05) is 14.1 Å². The van der Waals surface area contributed by atoms with Crippen molar-refractivity contribution in [3.63, 3.8) is 0 Å². The molecule has 0 aromatic heterocycles. The van der Waals surface area contributed by atoms with E-state index in [2.05, 4.69) is 0 Å². The fourth-order valence-corrected chi connectivity index (χ4v) is 7.51. The summed E-state index contributed by atoms with van der Waals surface area (Å²) in [4.78, 5) is 66.8. The minimum atomic E-state index is -2.76. The molecule has 228 valence electrons. The Morgan fingerprint density at radius 2 is 1.79 bits per heavy atom. The van der Waals surface area contributed by atoms with Crippen LogP contribution < -0.4 is 5.73 Å². The zero-order valence-electron chi connectivity index (χ0n) is 24.5. The highest BCUT2D eigenvalue weighted by atomic mass is 16.6. The summed E-state index contributed by atoms with van der Waals surface area (Å²) < 4.78 is 0. The van der Waals surface area contributed by atoms with E-state index in [0.29, 0.717) is 22.3 Å². The SMILES string of the molecule is CN(C)[C@H]1C(O)C(C(N)=O)C(=O)[C@]2(O)C(=O)C3C(=O)c4c(O)c(C(C)(C)C)cc(-c5cccc([N+](=O)[O-])c5)c4C[C@@H]3C[C@H]12. The van der Waals surface area contributed by atoms with E-state index in [4.69, 9.17) is 5.73 Å². The molecule has 0 bridgehead atoms. The molecule has 5 rings (SSSR count). The zero-order chi connectivity index (χ0) is 31.9. The summed E-state index contributed by atoms with van der Waals surface area (Å²) in [6.07, 6.45) is -1.56. The predicted octanol–water partition coefficient (Wildman–Crippen LogP) is 1.53. The Balaban J connectivity index is 1.73. The number of hydrogen-bond donors (Lipinski definition) is 4. The molecular weight excluding hydrogens is 558 g/mol. The topological polar surface area (TPSA) is 201 Å². The predicted molar refractivity (Wildman–Crippen MR) is 153 cm³/mol. The van der Waals surface area contributed by atoms with Gasteiger partial charge in [0.1, 0.15) is 11.7 Å². The number of fused-ring (bicyclic) bond motifs is 3. The van der Waals surface area contributed by atoms with Crippen molar-refractivity contribution in [3.8, 4) is 16.9 Å². The Kier molecular flexibility index (Phi) is 7.11. The summed E-state index contributed by atoms with van der Waals surface area (Å²) in [7, 11) is 3.15. The lowest BCUT2D eigenvalue weighted by Crippen LogP contribution is -2.75. The first kappa shape index (κ1) is 30.5. The van der Waals surface area contributed by atoms with Gasteiger partial charge in [0.2, 0.25) is 5.91 Å². The minimum Gasteiger partial charge on any atom is -0.507 e. The van der Waals surface area contributed by atoms with Gasteiger partial charge in [-0.2, -0.15) is 0 Å². The lowest BCUT2D eigenvalue weighted by molar-refractivity contribution is -0.384. The average molecular weight is 594 g/mol. The number of hydrogen-bond acceptors (Lipinski definition) is 10. The number of primary amides is 1. The molecule has 0 radical (unpaired) electrons. The van der Waals surface area contributed by atoms with Crippen LogP contribution in [0, 0.1) is 33.8 Å². The molecule has 2 aromatic carbocycles. The van der Waals surface area contributed by atoms with Crippen LogP contribution in [0.25, 0.3) is 11.1 Å². The molecule has 3 unspecified atom stereocenters. The number of carbonyl (C=O) groups excluding carboxylic acids is 4. The molecule has 0 heterocycles. The molecule has 0 aliphatic heterocycles. The number of aliphatic hydroxyl groups is 2. The van der Waals surface area contributed by atoms with Crippen molar-refractivity contribution < 1.29 is 39.4 Å². The standard InChI is InChI=1S/C31H35N3O9/c1-30(2,3)19-12-16(13-7-6-8-15(9-13)34(42)43)17-10-14-11-18-23(33(4)5)26(37)22(29(32)40)28(39)31(18,41)27(38)20(14)25(36)21(17)24(19)35/h6-9,12,14,18,20,22-23,26,35,37,41H,10-11H2,1-5H3,(H2,32,40)/t14-,18-,20?,22?,23-,26?,31-/m1/s1. The van der Waals surface area contributed by atoms with Gasteiger partial charge < -0.3 is 26.0 Å². The number of nitrogens with zero attached hydrogens (tertiary/aromatic N) is 2. The summed E-state index contributed by atoms with van der Waals surface area (Å²) in [5.74, 6) is -9.90. The normalized spacial score (nSPS) is 30.5. The van der Waals surface area contributed by atoms with E-state index >= 15 is 0 Å². The van der Waals surface area contributed by atoms with E-state index in [1.54, 1.807) is 26.2 Å². The van der Waals surface area contributed by atoms with Crippen LogP contribution in [0.4, 0.5) is 5.69 Å². The van der Waals surface area contributed by atoms with Gasteiger partial charge in [0.15, 0.2) is 23.0 Å². The maximum atomic E-state index is 14.3. The number of ketones is 3. The first-order valence-electron chi connectivity index (χ1n) is 14.1. The van der Waals surface area contributed by atoms with Gasteiger partial charge in [-0.15, -0.1) is 0 Å². The summed E-state index contributed by atoms with van der Waals surface area (Å²) in [6, 6.07) is 6.59. The van der Waals surface area contributed by atoms with Crippen molar-refractivity contribution in [2.45, 2.75) is 56.8 Å². The monoisotopic (exact) mass is 593 g/mol. The number of nitrogens with two attached hydrogens (primary N) is 1. The van der Waals surface area contributed by atoms with Gasteiger partial charge in [0.25, 0.3) is 5.69 Å². The van der Waals surface area contributed by atoms with Crippen LogP contribution in [0.5, 0.6) is 5.75 Å². The van der Waals surface area contributed by atoms with Crippen molar-refractivity contribution in [2.24, 2.45) is 29.4 Å². The third kappa shape index (κ3) is 4.38. The highest BCUT2D eigenvalue weighted by Gasteiger charge is 2.69. The van der Waals surface area contributed by atoms with Gasteiger partial charge in [0.05, 0.1) is 22.5 Å². The lowest BCUT2D eigenvalue weighted by Gasteiger charge is -2.55. The Morgan fingerprint density at radius 1 is 1.14 bits per heavy atom. The van der Waals surface area contributed by atoms with E-state index < -0.39 is 75.0 Å². The van der Waals surface area contributed by atoms with Gasteiger partial charge in [-0.05, 0) is 61.0 Å². The van der Waals surface area contributed by atoms with E-state index in [1.807, 2.05) is 20.8 Å². The third-order valence-electron chi connectivity index (χ3n) is 9.47. The number of Topliss-reactive ketones (excluding diaryl/α,β-unsaturated/α-hetero) is 3. The Bertz CT molecular complexity index is 1590. The van der Waals surface area contributed by atoms with Gasteiger partial charge in [0, 0.05) is 29.7 Å². The fourth-order valence-electron chi connectivity index (χ4n) is 7.51. The van der Waals surface area contributed by atoms with Crippen LogP contribution in [-0.4, -0.2) is 80.2 Å². The maximum absolute atomic E-state index is 14.3. The number of benzene rings is 2. The van der Waals surface area contributed by atoms with E-state index in [9.17, 15) is 44.6 Å². The number of non-ortho nitro benzene ring substituents is 1. The van der Waals surface area contributed by atoms with Crippen molar-refractivity contribution >= 4 is 28.9 Å². The number of phenolic OH excluding ortho intramolecular Hbond substituents is 1. The van der Waals surface area contributed by atoms with Crippen molar-refractivity contribution in [3.05, 3.63) is 57.1 Å². The Morgan fingerprint density at radius 3 is 2.35 bits per heavy atom. The molecule has 12 heteroatoms. The number of amides is 1. The van der Waals surface area contributed by atoms with E-state index in [-0.39, 0.29) is 29.8 Å². The first-order valence-corrected chi connectivity index (χ1v) is 14.1. The molecule has 3 aliphatic carbocycles. The molecule has 2 fully saturated rings. The van der Waals surface area contributed by atoms with Crippen molar-refractivity contribution in [1.82, 2.24) is 4.90 Å². The van der Waals surface area contributed by atoms with Gasteiger partial charge in [-0.25, -0.2) is 0 Å². The van der Waals surface area contributed by atoms with Crippen LogP contribution in [0.1, 0.15) is 48.7 Å². The van der Waals surface area contributed by atoms with Gasteiger partial charge >= 0.3 is 0 Å². The molecule has 0 saturated heterocycles. The maximum Gasteiger partial charge on any atom is 0.270 e. The molecule has 43 heavy (non-hydrogen) atoms. The molecule has 2 saturated carbocycles. The summed E-state index contributed by atoms with van der Waals surface area (Å²) in [5.41, 5.74) is 3.39. The largest absolute Gasteiger partial charge is 0.507 e. The van der Waals surface area contributed by atoms with E-state index in [1.165, 1.54) is 23.1 Å². The lowest BCUT2D eigenvalue weighted by atomic mass is 9.51. The number of nitro benzene ring substituents is 1. The Labute approximate surface area is 247 Å². The average Bonchev–Trinajstić information content (AvgIpc) is 2.89. The van der Waals surface area contributed by atoms with Crippen LogP contribution in [0.3, 0.4) is 0 Å². The second kappa shape index (κ2) is 10.0. The quantitative estimate of drug-likeness (QED) is 0.229. The smallest absolute Gasteiger partial charge is 0.270 e. The van der Waals surface area contributed by atoms with E-state index in [0.717, 1.165) is 0 Å². The highest BCUT2D eigenvalue weighted by molar-refractivity contribution is 6.25. The molecule has 1 amide bonds. The molecule has 7 atom stereocenters. The van der Waals surface area contributed by atoms with Crippen LogP contribution in [0.2, 0.25) is 0 Å². The molecular formula is C31H35N3O9. The fraction of sp³-hybridized carbons (Fsp3) is 0.484. The number of nitro groups is 1. The molecule has 3 aliphatic rings. The molecule has 0 spiro atoms. The number of aliphatic hydroxyl groups excluding tert-OH is 1. The van der Waals surface area contributed by atoms with Crippen LogP contribution >= 0.6 is 0 Å². The number of aromatic hydroxyl groups is 1. The second-order valence-electron chi connectivity index (χ2n) is 13.2. The van der Waals surface area contributed by atoms with Crippen LogP contribution in [0.15, 0.2) is 30.3 Å². The molecule has 2 aromatic rings. The van der Waals surface area contributed by atoms with Crippen molar-refractivity contribution in [1.29, 1.82) is 0 Å². The molecule has 12 nitrogen and oxygen atoms in total. The van der Waals surface area contributed by atoms with Gasteiger partial charge in [-0.3, -0.25) is 29.3 Å². The number of rotatable bonds is 4. The second-order valence-corrected chi connectivity index (χ2v) is 13.2. The summed E-state index contributed by atoms with van der Waals surface area (Å²) >= 11 is 0. The highest BCUT2D eigenvalue weighted by Crippen LogP contribution is 2.53.